The minimum absolute atomic E-state index is 0.0346. The SMILES string of the molecule is Cc1c(C(=O)NCc2ccc(F)cc2)c(C(F)(F)F)nn1Cc1ccco1. The first kappa shape index (κ1) is 18.7. The van der Waals surface area contributed by atoms with Gasteiger partial charge in [0.1, 0.15) is 11.6 Å². The molecule has 3 rings (SSSR count). The van der Waals surface area contributed by atoms with Gasteiger partial charge in [-0.3, -0.25) is 9.48 Å². The van der Waals surface area contributed by atoms with E-state index in [2.05, 4.69) is 10.4 Å². The van der Waals surface area contributed by atoms with Gasteiger partial charge in [-0.25, -0.2) is 4.39 Å². The molecule has 1 N–H and O–H groups in total. The second-order valence-corrected chi connectivity index (χ2v) is 5.85. The molecule has 142 valence electrons. The second-order valence-electron chi connectivity index (χ2n) is 5.85. The molecule has 9 heteroatoms. The van der Waals surface area contributed by atoms with Crippen molar-refractivity contribution in [1.29, 1.82) is 0 Å². The molecular weight excluding hydrogens is 366 g/mol. The van der Waals surface area contributed by atoms with E-state index in [9.17, 15) is 22.4 Å². The summed E-state index contributed by atoms with van der Waals surface area (Å²) in [5, 5.41) is 5.99. The number of alkyl halides is 3. The van der Waals surface area contributed by atoms with Gasteiger partial charge in [-0.1, -0.05) is 12.1 Å². The van der Waals surface area contributed by atoms with Crippen molar-refractivity contribution < 1.29 is 26.8 Å². The van der Waals surface area contributed by atoms with Crippen LogP contribution in [0.25, 0.3) is 0 Å². The highest BCUT2D eigenvalue weighted by Crippen LogP contribution is 2.32. The summed E-state index contributed by atoms with van der Waals surface area (Å²) in [6.45, 7) is 1.31. The minimum atomic E-state index is -4.79. The number of aromatic nitrogens is 2. The lowest BCUT2D eigenvalue weighted by molar-refractivity contribution is -0.141. The first-order valence-corrected chi connectivity index (χ1v) is 7.95. The minimum Gasteiger partial charge on any atom is -0.467 e. The predicted molar refractivity (Wildman–Crippen MR) is 87.3 cm³/mol. The Morgan fingerprint density at radius 3 is 2.52 bits per heavy atom. The number of amides is 1. The Kier molecular flexibility index (Phi) is 5.02. The number of hydrogen-bond acceptors (Lipinski definition) is 3. The van der Waals surface area contributed by atoms with Crippen LogP contribution in [0.3, 0.4) is 0 Å². The van der Waals surface area contributed by atoms with E-state index < -0.39 is 29.2 Å². The maximum Gasteiger partial charge on any atom is 0.435 e. The van der Waals surface area contributed by atoms with E-state index >= 15 is 0 Å². The number of halogens is 4. The first-order chi connectivity index (χ1) is 12.8. The maximum atomic E-state index is 13.4. The molecule has 3 aromatic rings. The highest BCUT2D eigenvalue weighted by Gasteiger charge is 2.40. The zero-order valence-electron chi connectivity index (χ0n) is 14.2. The third kappa shape index (κ3) is 4.18. The van der Waals surface area contributed by atoms with Crippen LogP contribution in [0.2, 0.25) is 0 Å². The molecule has 27 heavy (non-hydrogen) atoms. The van der Waals surface area contributed by atoms with Crippen molar-refractivity contribution >= 4 is 5.91 Å². The molecule has 0 fully saturated rings. The Morgan fingerprint density at radius 2 is 1.93 bits per heavy atom. The van der Waals surface area contributed by atoms with Crippen molar-refractivity contribution in [1.82, 2.24) is 15.1 Å². The predicted octanol–water partition coefficient (Wildman–Crippen LogP) is 3.92. The molecule has 0 saturated carbocycles. The summed E-state index contributed by atoms with van der Waals surface area (Å²) in [6.07, 6.45) is -3.39. The van der Waals surface area contributed by atoms with Crippen LogP contribution in [0.4, 0.5) is 17.6 Å². The monoisotopic (exact) mass is 381 g/mol. The fourth-order valence-corrected chi connectivity index (χ4v) is 2.59. The molecule has 0 unspecified atom stereocenters. The third-order valence-electron chi connectivity index (χ3n) is 3.95. The molecule has 0 radical (unpaired) electrons. The smallest absolute Gasteiger partial charge is 0.435 e. The number of carbonyl (C=O) groups excluding carboxylic acids is 1. The van der Waals surface area contributed by atoms with Gasteiger partial charge >= 0.3 is 6.18 Å². The lowest BCUT2D eigenvalue weighted by atomic mass is 10.1. The van der Waals surface area contributed by atoms with Gasteiger partial charge in [0, 0.05) is 12.2 Å². The molecule has 0 atom stereocenters. The van der Waals surface area contributed by atoms with E-state index in [-0.39, 0.29) is 18.8 Å². The van der Waals surface area contributed by atoms with Crippen LogP contribution in [-0.2, 0) is 19.3 Å². The molecular formula is C18H15F4N3O2. The summed E-state index contributed by atoms with van der Waals surface area (Å²) >= 11 is 0. The zero-order valence-corrected chi connectivity index (χ0v) is 14.2. The van der Waals surface area contributed by atoms with E-state index in [4.69, 9.17) is 4.42 Å². The summed E-state index contributed by atoms with van der Waals surface area (Å²) in [5.41, 5.74) is -1.19. The number of rotatable bonds is 5. The van der Waals surface area contributed by atoms with Crippen LogP contribution in [0.15, 0.2) is 47.1 Å². The number of carbonyl (C=O) groups is 1. The second kappa shape index (κ2) is 7.26. The summed E-state index contributed by atoms with van der Waals surface area (Å²) in [4.78, 5) is 12.4. The van der Waals surface area contributed by atoms with E-state index in [1.807, 2.05) is 0 Å². The molecule has 0 aliphatic rings. The summed E-state index contributed by atoms with van der Waals surface area (Å²) < 4.78 is 59.2. The Morgan fingerprint density at radius 1 is 1.22 bits per heavy atom. The fraction of sp³-hybridized carbons (Fsp3) is 0.222. The Labute approximate surface area is 151 Å². The number of furan rings is 1. The van der Waals surface area contributed by atoms with E-state index in [1.165, 1.54) is 37.5 Å². The number of nitrogens with zero attached hydrogens (tertiary/aromatic N) is 2. The van der Waals surface area contributed by atoms with Gasteiger partial charge in [0.05, 0.1) is 18.4 Å². The van der Waals surface area contributed by atoms with Crippen LogP contribution in [0.5, 0.6) is 0 Å². The van der Waals surface area contributed by atoms with E-state index in [0.717, 1.165) is 4.68 Å². The highest BCUT2D eigenvalue weighted by molar-refractivity contribution is 5.96. The topological polar surface area (TPSA) is 60.1 Å². The van der Waals surface area contributed by atoms with Crippen LogP contribution < -0.4 is 5.32 Å². The number of hydrogen-bond donors (Lipinski definition) is 1. The van der Waals surface area contributed by atoms with Gasteiger partial charge < -0.3 is 9.73 Å². The van der Waals surface area contributed by atoms with Gasteiger partial charge in [0.15, 0.2) is 5.69 Å². The standard InChI is InChI=1S/C18H15F4N3O2/c1-11-15(17(26)23-9-12-4-6-13(19)7-5-12)16(18(20,21)22)24-25(11)10-14-3-2-8-27-14/h2-8H,9-10H2,1H3,(H,23,26). The van der Waals surface area contributed by atoms with Crippen molar-refractivity contribution in [3.63, 3.8) is 0 Å². The molecule has 5 nitrogen and oxygen atoms in total. The average Bonchev–Trinajstić information content (AvgIpc) is 3.23. The molecule has 1 amide bonds. The number of nitrogens with one attached hydrogen (secondary N) is 1. The summed E-state index contributed by atoms with van der Waals surface area (Å²) in [7, 11) is 0. The third-order valence-corrected chi connectivity index (χ3v) is 3.95. The Bertz CT molecular complexity index is 929. The van der Waals surface area contributed by atoms with Gasteiger partial charge in [-0.05, 0) is 36.8 Å². The van der Waals surface area contributed by atoms with Crippen molar-refractivity contribution in [2.75, 3.05) is 0 Å². The highest BCUT2D eigenvalue weighted by atomic mass is 19.4. The lowest BCUT2D eigenvalue weighted by Crippen LogP contribution is -2.26. The quantitative estimate of drug-likeness (QED) is 0.682. The average molecular weight is 381 g/mol. The summed E-state index contributed by atoms with van der Waals surface area (Å²) in [6, 6.07) is 8.49. The van der Waals surface area contributed by atoms with Crippen molar-refractivity contribution in [2.24, 2.45) is 0 Å². The summed E-state index contributed by atoms with van der Waals surface area (Å²) in [5.74, 6) is -0.943. The molecule has 0 bridgehead atoms. The zero-order chi connectivity index (χ0) is 19.6. The van der Waals surface area contributed by atoms with Crippen LogP contribution in [-0.4, -0.2) is 15.7 Å². The Hall–Kier alpha value is -3.10. The van der Waals surface area contributed by atoms with E-state index in [1.54, 1.807) is 12.1 Å². The molecule has 0 aliphatic carbocycles. The molecule has 2 aromatic heterocycles. The Balaban J connectivity index is 1.86. The lowest BCUT2D eigenvalue weighted by Gasteiger charge is -2.08. The van der Waals surface area contributed by atoms with Crippen molar-refractivity contribution in [3.05, 3.63) is 76.8 Å². The molecule has 0 saturated heterocycles. The first-order valence-electron chi connectivity index (χ1n) is 7.95. The molecule has 2 heterocycles. The van der Waals surface area contributed by atoms with Crippen LogP contribution in [0.1, 0.15) is 33.1 Å². The van der Waals surface area contributed by atoms with Gasteiger partial charge in [-0.2, -0.15) is 18.3 Å². The molecule has 0 aliphatic heterocycles. The van der Waals surface area contributed by atoms with Gasteiger partial charge in [0.2, 0.25) is 0 Å². The number of benzene rings is 1. The van der Waals surface area contributed by atoms with E-state index in [0.29, 0.717) is 11.3 Å². The normalized spacial score (nSPS) is 11.6. The van der Waals surface area contributed by atoms with Gasteiger partial charge in [-0.15, -0.1) is 0 Å². The van der Waals surface area contributed by atoms with Crippen molar-refractivity contribution in [3.8, 4) is 0 Å². The van der Waals surface area contributed by atoms with Crippen LogP contribution >= 0.6 is 0 Å². The largest absolute Gasteiger partial charge is 0.467 e. The molecule has 0 spiro atoms. The van der Waals surface area contributed by atoms with Crippen LogP contribution in [0, 0.1) is 12.7 Å². The fourth-order valence-electron chi connectivity index (χ4n) is 2.59. The van der Waals surface area contributed by atoms with Gasteiger partial charge in [0.25, 0.3) is 5.91 Å². The van der Waals surface area contributed by atoms with Crippen molar-refractivity contribution in [2.45, 2.75) is 26.2 Å². The maximum absolute atomic E-state index is 13.4. The molecule has 1 aromatic carbocycles.